The Labute approximate surface area is 128 Å². The van der Waals surface area contributed by atoms with Crippen molar-refractivity contribution in [3.8, 4) is 0 Å². The molecule has 0 aromatic heterocycles. The molecule has 1 aliphatic carbocycles. The fourth-order valence-electron chi connectivity index (χ4n) is 3.87. The number of piperazine rings is 1. The molecular formula is C17H30N2O2. The average molecular weight is 294 g/mol. The maximum atomic E-state index is 13.0. The van der Waals surface area contributed by atoms with E-state index in [1.807, 2.05) is 25.7 Å². The highest BCUT2D eigenvalue weighted by atomic mass is 16.2. The second-order valence-electron chi connectivity index (χ2n) is 6.93. The Kier molecular flexibility index (Phi) is 4.95. The van der Waals surface area contributed by atoms with Crippen LogP contribution >= 0.6 is 0 Å². The van der Waals surface area contributed by atoms with Gasteiger partial charge < -0.3 is 10.2 Å². The molecule has 1 heterocycles. The van der Waals surface area contributed by atoms with Crippen LogP contribution in [0.25, 0.3) is 0 Å². The third-order valence-corrected chi connectivity index (χ3v) is 5.81. The maximum absolute atomic E-state index is 13.0. The van der Waals surface area contributed by atoms with Gasteiger partial charge >= 0.3 is 0 Å². The van der Waals surface area contributed by atoms with Crippen molar-refractivity contribution < 1.29 is 9.59 Å². The van der Waals surface area contributed by atoms with Crippen molar-refractivity contribution in [2.24, 2.45) is 11.8 Å². The molecule has 0 spiro atoms. The predicted molar refractivity (Wildman–Crippen MR) is 83.8 cm³/mol. The minimum atomic E-state index is -0.679. The van der Waals surface area contributed by atoms with Gasteiger partial charge in [-0.15, -0.1) is 0 Å². The van der Waals surface area contributed by atoms with Gasteiger partial charge in [0.05, 0.1) is 0 Å². The lowest BCUT2D eigenvalue weighted by Gasteiger charge is -2.46. The predicted octanol–water partition coefficient (Wildman–Crippen LogP) is 2.72. The molecule has 4 heteroatoms. The van der Waals surface area contributed by atoms with Gasteiger partial charge in [0.25, 0.3) is 0 Å². The summed E-state index contributed by atoms with van der Waals surface area (Å²) in [5.41, 5.74) is -0.679. The first-order valence-electron chi connectivity index (χ1n) is 8.58. The number of rotatable bonds is 4. The van der Waals surface area contributed by atoms with Gasteiger partial charge in [-0.1, -0.05) is 40.0 Å². The smallest absolute Gasteiger partial charge is 0.248 e. The Morgan fingerprint density at radius 1 is 1.14 bits per heavy atom. The van der Waals surface area contributed by atoms with E-state index >= 15 is 0 Å². The van der Waals surface area contributed by atoms with Gasteiger partial charge in [-0.3, -0.25) is 9.59 Å². The van der Waals surface area contributed by atoms with Crippen molar-refractivity contribution in [3.63, 3.8) is 0 Å². The summed E-state index contributed by atoms with van der Waals surface area (Å²) in [6, 6.07) is -0.335. The summed E-state index contributed by atoms with van der Waals surface area (Å²) < 4.78 is 0. The minimum absolute atomic E-state index is 0.00163. The van der Waals surface area contributed by atoms with Crippen LogP contribution in [0, 0.1) is 11.8 Å². The first kappa shape index (κ1) is 16.3. The summed E-state index contributed by atoms with van der Waals surface area (Å²) in [5.74, 6) is 1.32. The van der Waals surface area contributed by atoms with E-state index < -0.39 is 5.54 Å². The van der Waals surface area contributed by atoms with Crippen LogP contribution in [0.4, 0.5) is 0 Å². The van der Waals surface area contributed by atoms with Crippen LogP contribution in [-0.2, 0) is 9.59 Å². The lowest BCUT2D eigenvalue weighted by molar-refractivity contribution is -0.156. The van der Waals surface area contributed by atoms with Crippen molar-refractivity contribution in [3.05, 3.63) is 0 Å². The fourth-order valence-corrected chi connectivity index (χ4v) is 3.87. The van der Waals surface area contributed by atoms with Crippen LogP contribution in [0.2, 0.25) is 0 Å². The molecule has 2 aliphatic rings. The number of amides is 2. The number of hydrogen-bond acceptors (Lipinski definition) is 2. The monoisotopic (exact) mass is 294 g/mol. The van der Waals surface area contributed by atoms with Gasteiger partial charge in [-0.2, -0.15) is 0 Å². The van der Waals surface area contributed by atoms with Crippen molar-refractivity contribution in [2.75, 3.05) is 6.54 Å². The quantitative estimate of drug-likeness (QED) is 0.866. The summed E-state index contributed by atoms with van der Waals surface area (Å²) in [4.78, 5) is 27.1. The Balaban J connectivity index is 2.18. The topological polar surface area (TPSA) is 49.4 Å². The minimum Gasteiger partial charge on any atom is -0.340 e. The lowest BCUT2D eigenvalue weighted by atomic mass is 9.79. The Morgan fingerprint density at radius 3 is 2.33 bits per heavy atom. The number of hydrogen-bond donors (Lipinski definition) is 1. The van der Waals surface area contributed by atoms with E-state index in [-0.39, 0.29) is 17.9 Å². The van der Waals surface area contributed by atoms with Crippen molar-refractivity contribution in [2.45, 2.75) is 77.8 Å². The summed E-state index contributed by atoms with van der Waals surface area (Å²) in [5, 5.41) is 2.98. The summed E-state index contributed by atoms with van der Waals surface area (Å²) in [6.07, 6.45) is 6.32. The van der Waals surface area contributed by atoms with Crippen LogP contribution in [0.1, 0.15) is 66.2 Å². The number of carbonyl (C=O) groups is 2. The zero-order chi connectivity index (χ0) is 15.6. The van der Waals surface area contributed by atoms with Crippen LogP contribution < -0.4 is 5.32 Å². The number of carbonyl (C=O) groups excluding carboxylic acids is 2. The zero-order valence-electron chi connectivity index (χ0n) is 13.9. The first-order chi connectivity index (χ1) is 9.95. The molecule has 3 unspecified atom stereocenters. The van der Waals surface area contributed by atoms with E-state index in [0.717, 1.165) is 6.54 Å². The van der Waals surface area contributed by atoms with Crippen molar-refractivity contribution >= 4 is 11.8 Å². The van der Waals surface area contributed by atoms with E-state index in [1.54, 1.807) is 0 Å². The van der Waals surface area contributed by atoms with Gasteiger partial charge in [0.1, 0.15) is 11.6 Å². The number of nitrogens with zero attached hydrogens (tertiary/aromatic N) is 1. The van der Waals surface area contributed by atoms with Gasteiger partial charge in [-0.25, -0.2) is 0 Å². The molecule has 1 saturated heterocycles. The molecule has 1 N–H and O–H groups in total. The fraction of sp³-hybridized carbons (Fsp3) is 0.882. The maximum Gasteiger partial charge on any atom is 0.248 e. The standard InChI is InChI=1S/C17H30N2O2/c1-5-17(6-2)16(21)19(13(4)15(20)18-17)11-14-10-8-7-9-12(14)3/h12-14H,5-11H2,1-4H3,(H,18,20). The molecule has 1 saturated carbocycles. The van der Waals surface area contributed by atoms with Crippen LogP contribution in [-0.4, -0.2) is 34.8 Å². The molecule has 4 nitrogen and oxygen atoms in total. The van der Waals surface area contributed by atoms with Gasteiger partial charge in [-0.05, 0) is 38.0 Å². The molecule has 120 valence electrons. The highest BCUT2D eigenvalue weighted by Crippen LogP contribution is 2.33. The van der Waals surface area contributed by atoms with E-state index in [1.165, 1.54) is 25.7 Å². The van der Waals surface area contributed by atoms with Crippen molar-refractivity contribution in [1.29, 1.82) is 0 Å². The average Bonchev–Trinajstić information content (AvgIpc) is 2.49. The Morgan fingerprint density at radius 2 is 1.76 bits per heavy atom. The lowest BCUT2D eigenvalue weighted by Crippen LogP contribution is -2.70. The van der Waals surface area contributed by atoms with Gasteiger partial charge in [0.15, 0.2) is 0 Å². The van der Waals surface area contributed by atoms with Crippen LogP contribution in [0.15, 0.2) is 0 Å². The summed E-state index contributed by atoms with van der Waals surface area (Å²) >= 11 is 0. The SMILES string of the molecule is CCC1(CC)NC(=O)C(C)N(CC2CCCCC2C)C1=O. The molecule has 1 aliphatic heterocycles. The van der Waals surface area contributed by atoms with Gasteiger partial charge in [0.2, 0.25) is 11.8 Å². The molecular weight excluding hydrogens is 264 g/mol. The van der Waals surface area contributed by atoms with E-state index in [4.69, 9.17) is 0 Å². The largest absolute Gasteiger partial charge is 0.340 e. The molecule has 0 aromatic carbocycles. The summed E-state index contributed by atoms with van der Waals surface area (Å²) in [7, 11) is 0. The van der Waals surface area contributed by atoms with Gasteiger partial charge in [0, 0.05) is 6.54 Å². The summed E-state index contributed by atoms with van der Waals surface area (Å²) in [6.45, 7) is 8.86. The molecule has 2 amide bonds. The van der Waals surface area contributed by atoms with Crippen LogP contribution in [0.3, 0.4) is 0 Å². The molecule has 2 rings (SSSR count). The Hall–Kier alpha value is -1.06. The third kappa shape index (κ3) is 2.95. The Bertz CT molecular complexity index is 404. The second-order valence-corrected chi connectivity index (χ2v) is 6.93. The highest BCUT2D eigenvalue weighted by molar-refractivity contribution is 5.99. The molecule has 21 heavy (non-hydrogen) atoms. The molecule has 0 radical (unpaired) electrons. The molecule has 0 aromatic rings. The molecule has 3 atom stereocenters. The molecule has 0 bridgehead atoms. The number of nitrogens with one attached hydrogen (secondary N) is 1. The third-order valence-electron chi connectivity index (χ3n) is 5.81. The first-order valence-corrected chi connectivity index (χ1v) is 8.58. The van der Waals surface area contributed by atoms with E-state index in [9.17, 15) is 9.59 Å². The van der Waals surface area contributed by atoms with Crippen LogP contribution in [0.5, 0.6) is 0 Å². The normalized spacial score (nSPS) is 33.0. The second kappa shape index (κ2) is 6.37. The van der Waals surface area contributed by atoms with Crippen molar-refractivity contribution in [1.82, 2.24) is 10.2 Å². The van der Waals surface area contributed by atoms with E-state index in [0.29, 0.717) is 24.7 Å². The molecule has 2 fully saturated rings. The zero-order valence-corrected chi connectivity index (χ0v) is 13.9. The van der Waals surface area contributed by atoms with E-state index in [2.05, 4.69) is 12.2 Å². The highest BCUT2D eigenvalue weighted by Gasteiger charge is 2.47.